The molecule has 1 amide bonds. The number of hydrogen-bond acceptors (Lipinski definition) is 2. The molecule has 0 bridgehead atoms. The molecular formula is C15H28N2O. The molecule has 3 nitrogen and oxygen atoms in total. The van der Waals surface area contributed by atoms with Gasteiger partial charge in [0.15, 0.2) is 0 Å². The molecule has 3 heteroatoms. The molecule has 1 aliphatic heterocycles. The summed E-state index contributed by atoms with van der Waals surface area (Å²) in [5.41, 5.74) is 5.73. The maximum atomic E-state index is 12.5. The molecule has 2 aliphatic rings. The van der Waals surface area contributed by atoms with Crippen molar-refractivity contribution < 1.29 is 4.79 Å². The Labute approximate surface area is 111 Å². The van der Waals surface area contributed by atoms with Crippen molar-refractivity contribution in [1.82, 2.24) is 4.90 Å². The Morgan fingerprint density at radius 2 is 1.94 bits per heavy atom. The molecule has 0 aromatic carbocycles. The third-order valence-corrected chi connectivity index (χ3v) is 4.90. The fourth-order valence-corrected chi connectivity index (χ4v) is 3.75. The fourth-order valence-electron chi connectivity index (χ4n) is 3.75. The van der Waals surface area contributed by atoms with Crippen LogP contribution in [-0.2, 0) is 4.79 Å². The molecule has 1 saturated carbocycles. The molecule has 2 N–H and O–H groups in total. The minimum Gasteiger partial charge on any atom is -0.339 e. The number of carbonyl (C=O) groups is 1. The van der Waals surface area contributed by atoms with Crippen LogP contribution in [0.4, 0.5) is 0 Å². The molecule has 104 valence electrons. The van der Waals surface area contributed by atoms with E-state index >= 15 is 0 Å². The first-order valence-corrected chi connectivity index (χ1v) is 7.78. The molecule has 2 rings (SSSR count). The number of amides is 1. The van der Waals surface area contributed by atoms with Crippen LogP contribution in [0.2, 0.25) is 0 Å². The third kappa shape index (κ3) is 2.87. The van der Waals surface area contributed by atoms with Crippen LogP contribution in [0.5, 0.6) is 0 Å². The lowest BCUT2D eigenvalue weighted by Gasteiger charge is -2.35. The predicted octanol–water partition coefficient (Wildman–Crippen LogP) is 2.54. The monoisotopic (exact) mass is 252 g/mol. The van der Waals surface area contributed by atoms with E-state index in [0.29, 0.717) is 18.5 Å². The van der Waals surface area contributed by atoms with Crippen LogP contribution in [0.1, 0.15) is 58.3 Å². The summed E-state index contributed by atoms with van der Waals surface area (Å²) in [6.07, 6.45) is 10.0. The Morgan fingerprint density at radius 3 is 2.56 bits per heavy atom. The second kappa shape index (κ2) is 6.55. The zero-order valence-corrected chi connectivity index (χ0v) is 11.7. The number of nitrogens with two attached hydrogens (primary N) is 1. The van der Waals surface area contributed by atoms with Gasteiger partial charge < -0.3 is 10.6 Å². The molecule has 0 spiro atoms. The normalized spacial score (nSPS) is 27.4. The molecule has 0 aromatic rings. The van der Waals surface area contributed by atoms with Gasteiger partial charge in [-0.15, -0.1) is 0 Å². The standard InChI is InChI=1S/C15H28N2O/c1-2-12(11-16)15(18)17-10-6-9-14(17)13-7-4-3-5-8-13/h12-14H,2-11,16H2,1H3. The maximum absolute atomic E-state index is 12.5. The van der Waals surface area contributed by atoms with Gasteiger partial charge in [-0.3, -0.25) is 4.79 Å². The van der Waals surface area contributed by atoms with Crippen LogP contribution in [-0.4, -0.2) is 29.9 Å². The minimum atomic E-state index is 0.0502. The van der Waals surface area contributed by atoms with Gasteiger partial charge in [-0.2, -0.15) is 0 Å². The van der Waals surface area contributed by atoms with E-state index in [1.807, 2.05) is 0 Å². The highest BCUT2D eigenvalue weighted by Gasteiger charge is 2.36. The Hall–Kier alpha value is -0.570. The predicted molar refractivity (Wildman–Crippen MR) is 74.1 cm³/mol. The first-order chi connectivity index (χ1) is 8.77. The van der Waals surface area contributed by atoms with Crippen LogP contribution in [0, 0.1) is 11.8 Å². The maximum Gasteiger partial charge on any atom is 0.227 e. The topological polar surface area (TPSA) is 46.3 Å². The van der Waals surface area contributed by atoms with Crippen molar-refractivity contribution in [3.8, 4) is 0 Å². The van der Waals surface area contributed by atoms with E-state index in [9.17, 15) is 4.79 Å². The van der Waals surface area contributed by atoms with Crippen molar-refractivity contribution >= 4 is 5.91 Å². The summed E-state index contributed by atoms with van der Waals surface area (Å²) in [6.45, 7) is 3.54. The first kappa shape index (κ1) is 13.9. The number of carbonyl (C=O) groups excluding carboxylic acids is 1. The summed E-state index contributed by atoms with van der Waals surface area (Å²) in [4.78, 5) is 14.7. The van der Waals surface area contributed by atoms with Gasteiger partial charge in [0.2, 0.25) is 5.91 Å². The number of nitrogens with zero attached hydrogens (tertiary/aromatic N) is 1. The van der Waals surface area contributed by atoms with Gasteiger partial charge in [-0.05, 0) is 38.0 Å². The van der Waals surface area contributed by atoms with E-state index in [1.54, 1.807) is 0 Å². The van der Waals surface area contributed by atoms with Crippen LogP contribution < -0.4 is 5.73 Å². The average molecular weight is 252 g/mol. The van der Waals surface area contributed by atoms with E-state index in [4.69, 9.17) is 5.73 Å². The van der Waals surface area contributed by atoms with Gasteiger partial charge in [0.25, 0.3) is 0 Å². The van der Waals surface area contributed by atoms with Crippen molar-refractivity contribution in [3.05, 3.63) is 0 Å². The van der Waals surface area contributed by atoms with Crippen molar-refractivity contribution in [2.45, 2.75) is 64.3 Å². The number of rotatable bonds is 4. The van der Waals surface area contributed by atoms with Crippen molar-refractivity contribution in [1.29, 1.82) is 0 Å². The van der Waals surface area contributed by atoms with E-state index < -0.39 is 0 Å². The molecule has 0 radical (unpaired) electrons. The van der Waals surface area contributed by atoms with Crippen LogP contribution in [0.3, 0.4) is 0 Å². The van der Waals surface area contributed by atoms with E-state index in [-0.39, 0.29) is 5.92 Å². The zero-order valence-electron chi connectivity index (χ0n) is 11.7. The van der Waals surface area contributed by atoms with E-state index in [2.05, 4.69) is 11.8 Å². The SMILES string of the molecule is CCC(CN)C(=O)N1CCCC1C1CCCCC1. The molecule has 2 unspecified atom stereocenters. The molecular weight excluding hydrogens is 224 g/mol. The Kier molecular flexibility index (Phi) is 5.04. The quantitative estimate of drug-likeness (QED) is 0.835. The molecule has 18 heavy (non-hydrogen) atoms. The van der Waals surface area contributed by atoms with Gasteiger partial charge in [-0.25, -0.2) is 0 Å². The zero-order chi connectivity index (χ0) is 13.0. The summed E-state index contributed by atoms with van der Waals surface area (Å²) < 4.78 is 0. The highest BCUT2D eigenvalue weighted by atomic mass is 16.2. The van der Waals surface area contributed by atoms with Gasteiger partial charge in [0.05, 0.1) is 5.92 Å². The Balaban J connectivity index is 1.99. The van der Waals surface area contributed by atoms with E-state index in [0.717, 1.165) is 18.9 Å². The molecule has 0 aromatic heterocycles. The van der Waals surface area contributed by atoms with Gasteiger partial charge in [0, 0.05) is 19.1 Å². The first-order valence-electron chi connectivity index (χ1n) is 7.78. The van der Waals surface area contributed by atoms with Crippen LogP contribution in [0.15, 0.2) is 0 Å². The highest BCUT2D eigenvalue weighted by Crippen LogP contribution is 2.35. The molecule has 2 fully saturated rings. The summed E-state index contributed by atoms with van der Waals surface area (Å²) in [5, 5.41) is 0. The second-order valence-electron chi connectivity index (χ2n) is 5.98. The minimum absolute atomic E-state index is 0.0502. The number of hydrogen-bond donors (Lipinski definition) is 1. The molecule has 2 atom stereocenters. The lowest BCUT2D eigenvalue weighted by Crippen LogP contribution is -2.45. The summed E-state index contributed by atoms with van der Waals surface area (Å²) in [6, 6.07) is 0.526. The third-order valence-electron chi connectivity index (χ3n) is 4.90. The highest BCUT2D eigenvalue weighted by molar-refractivity contribution is 5.79. The number of likely N-dealkylation sites (tertiary alicyclic amines) is 1. The molecule has 1 aliphatic carbocycles. The molecule has 1 heterocycles. The van der Waals surface area contributed by atoms with Gasteiger partial charge >= 0.3 is 0 Å². The average Bonchev–Trinajstić information content (AvgIpc) is 2.90. The lowest BCUT2D eigenvalue weighted by molar-refractivity contribution is -0.137. The summed E-state index contributed by atoms with van der Waals surface area (Å²) in [7, 11) is 0. The van der Waals surface area contributed by atoms with Crippen molar-refractivity contribution in [2.24, 2.45) is 17.6 Å². The second-order valence-corrected chi connectivity index (χ2v) is 5.98. The van der Waals surface area contributed by atoms with E-state index in [1.165, 1.54) is 44.9 Å². The molecule has 1 saturated heterocycles. The summed E-state index contributed by atoms with van der Waals surface area (Å²) in [5.74, 6) is 1.14. The summed E-state index contributed by atoms with van der Waals surface area (Å²) >= 11 is 0. The van der Waals surface area contributed by atoms with Crippen molar-refractivity contribution in [3.63, 3.8) is 0 Å². The van der Waals surface area contributed by atoms with Crippen molar-refractivity contribution in [2.75, 3.05) is 13.1 Å². The van der Waals surface area contributed by atoms with Crippen LogP contribution >= 0.6 is 0 Å². The van der Waals surface area contributed by atoms with Crippen LogP contribution in [0.25, 0.3) is 0 Å². The van der Waals surface area contributed by atoms with Gasteiger partial charge in [0.1, 0.15) is 0 Å². The fraction of sp³-hybridized carbons (Fsp3) is 0.933. The largest absolute Gasteiger partial charge is 0.339 e. The Bertz CT molecular complexity index is 270. The lowest BCUT2D eigenvalue weighted by atomic mass is 9.82. The Morgan fingerprint density at radius 1 is 1.22 bits per heavy atom. The van der Waals surface area contributed by atoms with Gasteiger partial charge in [-0.1, -0.05) is 26.2 Å². The smallest absolute Gasteiger partial charge is 0.227 e.